The summed E-state index contributed by atoms with van der Waals surface area (Å²) < 4.78 is 0. The number of hydrogen-bond acceptors (Lipinski definition) is 3. The van der Waals surface area contributed by atoms with E-state index in [1.807, 2.05) is 12.1 Å². The van der Waals surface area contributed by atoms with Gasteiger partial charge in [0, 0.05) is 29.2 Å². The number of aromatic nitrogens is 2. The molecule has 2 aromatic rings. The maximum Gasteiger partial charge on any atom is 0.253 e. The van der Waals surface area contributed by atoms with Crippen LogP contribution in [0.2, 0.25) is 0 Å². The summed E-state index contributed by atoms with van der Waals surface area (Å²) in [7, 11) is 0. The third-order valence-electron chi connectivity index (χ3n) is 4.26. The van der Waals surface area contributed by atoms with Gasteiger partial charge in [0.05, 0.1) is 5.56 Å². The third kappa shape index (κ3) is 2.15. The number of pyridine rings is 2. The van der Waals surface area contributed by atoms with Crippen LogP contribution in [0.1, 0.15) is 54.1 Å². The minimum atomic E-state index is -0.0182. The Morgan fingerprint density at radius 2 is 2.05 bits per heavy atom. The summed E-state index contributed by atoms with van der Waals surface area (Å²) in [6.07, 6.45) is 7.52. The number of carbonyl (C=O) groups excluding carboxylic acids is 1. The fourth-order valence-electron chi connectivity index (χ4n) is 2.58. The van der Waals surface area contributed by atoms with Gasteiger partial charge in [-0.05, 0) is 50.3 Å². The van der Waals surface area contributed by atoms with Crippen LogP contribution in [0.3, 0.4) is 0 Å². The highest BCUT2D eigenvalue weighted by Crippen LogP contribution is 2.39. The Balaban J connectivity index is 1.60. The summed E-state index contributed by atoms with van der Waals surface area (Å²) >= 11 is 0. The van der Waals surface area contributed by atoms with E-state index in [-0.39, 0.29) is 5.91 Å². The van der Waals surface area contributed by atoms with E-state index >= 15 is 0 Å². The van der Waals surface area contributed by atoms with Crippen LogP contribution in [-0.4, -0.2) is 21.9 Å². The number of amides is 1. The van der Waals surface area contributed by atoms with Crippen LogP contribution in [0.25, 0.3) is 11.0 Å². The molecule has 20 heavy (non-hydrogen) atoms. The Hall–Kier alpha value is -1.97. The van der Waals surface area contributed by atoms with Crippen molar-refractivity contribution < 1.29 is 4.79 Å². The van der Waals surface area contributed by atoms with E-state index in [2.05, 4.69) is 21.4 Å². The van der Waals surface area contributed by atoms with Crippen LogP contribution in [-0.2, 0) is 0 Å². The standard InChI is InChI=1S/C16H17N3O/c20-16(18-13-2-1-3-13)12-8-11-6-7-14(10-4-5-10)19-15(11)17-9-12/h6-10,13H,1-5H2,(H,18,20). The molecule has 0 atom stereocenters. The number of carbonyl (C=O) groups is 1. The molecule has 1 amide bonds. The zero-order chi connectivity index (χ0) is 13.5. The van der Waals surface area contributed by atoms with Crippen molar-refractivity contribution in [1.82, 2.24) is 15.3 Å². The highest BCUT2D eigenvalue weighted by molar-refractivity contribution is 5.97. The molecule has 0 saturated heterocycles. The number of rotatable bonds is 3. The van der Waals surface area contributed by atoms with Gasteiger partial charge < -0.3 is 5.32 Å². The second kappa shape index (κ2) is 4.54. The van der Waals surface area contributed by atoms with Gasteiger partial charge in [-0.2, -0.15) is 0 Å². The lowest BCUT2D eigenvalue weighted by Crippen LogP contribution is -2.39. The average molecular weight is 267 g/mol. The van der Waals surface area contributed by atoms with E-state index in [9.17, 15) is 4.79 Å². The van der Waals surface area contributed by atoms with Crippen LogP contribution in [0, 0.1) is 0 Å². The lowest BCUT2D eigenvalue weighted by atomic mass is 9.93. The summed E-state index contributed by atoms with van der Waals surface area (Å²) in [6, 6.07) is 6.34. The summed E-state index contributed by atoms with van der Waals surface area (Å²) in [6.45, 7) is 0. The molecule has 0 unspecified atom stereocenters. The predicted octanol–water partition coefficient (Wildman–Crippen LogP) is 2.79. The minimum Gasteiger partial charge on any atom is -0.349 e. The first-order valence-electron chi connectivity index (χ1n) is 7.37. The molecule has 2 saturated carbocycles. The quantitative estimate of drug-likeness (QED) is 0.930. The molecule has 0 bridgehead atoms. The average Bonchev–Trinajstić information content (AvgIpc) is 3.26. The van der Waals surface area contributed by atoms with Crippen molar-refractivity contribution >= 4 is 16.9 Å². The summed E-state index contributed by atoms with van der Waals surface area (Å²) in [5, 5.41) is 3.98. The summed E-state index contributed by atoms with van der Waals surface area (Å²) in [5.74, 6) is 0.609. The van der Waals surface area contributed by atoms with Gasteiger partial charge >= 0.3 is 0 Å². The molecule has 102 valence electrons. The molecule has 0 radical (unpaired) electrons. The molecular formula is C16H17N3O. The lowest BCUT2D eigenvalue weighted by molar-refractivity contribution is 0.0917. The van der Waals surface area contributed by atoms with E-state index in [0.29, 0.717) is 17.5 Å². The number of hydrogen-bond donors (Lipinski definition) is 1. The van der Waals surface area contributed by atoms with Crippen molar-refractivity contribution in [2.24, 2.45) is 0 Å². The van der Waals surface area contributed by atoms with Crippen LogP contribution in [0.4, 0.5) is 0 Å². The fraction of sp³-hybridized carbons (Fsp3) is 0.438. The van der Waals surface area contributed by atoms with Crippen LogP contribution < -0.4 is 5.32 Å². The van der Waals surface area contributed by atoms with Gasteiger partial charge in [-0.1, -0.05) is 0 Å². The van der Waals surface area contributed by atoms with Crippen molar-refractivity contribution in [1.29, 1.82) is 0 Å². The number of nitrogens with one attached hydrogen (secondary N) is 1. The highest BCUT2D eigenvalue weighted by atomic mass is 16.1. The van der Waals surface area contributed by atoms with E-state index in [0.717, 1.165) is 29.6 Å². The van der Waals surface area contributed by atoms with Crippen LogP contribution in [0.5, 0.6) is 0 Å². The molecule has 4 rings (SSSR count). The third-order valence-corrected chi connectivity index (χ3v) is 4.26. The Labute approximate surface area is 117 Å². The molecule has 1 N–H and O–H groups in total. The van der Waals surface area contributed by atoms with Crippen molar-refractivity contribution in [3.05, 3.63) is 35.7 Å². The Morgan fingerprint density at radius 1 is 1.20 bits per heavy atom. The predicted molar refractivity (Wildman–Crippen MR) is 76.6 cm³/mol. The zero-order valence-corrected chi connectivity index (χ0v) is 11.3. The van der Waals surface area contributed by atoms with Gasteiger partial charge in [0.25, 0.3) is 5.91 Å². The fourth-order valence-corrected chi connectivity index (χ4v) is 2.58. The van der Waals surface area contributed by atoms with Crippen molar-refractivity contribution in [2.45, 2.75) is 44.1 Å². The lowest BCUT2D eigenvalue weighted by Gasteiger charge is -2.26. The molecule has 0 aliphatic heterocycles. The summed E-state index contributed by atoms with van der Waals surface area (Å²) in [5.41, 5.74) is 2.51. The molecule has 4 nitrogen and oxygen atoms in total. The molecule has 2 aliphatic rings. The Bertz CT molecular complexity index is 674. The number of fused-ring (bicyclic) bond motifs is 1. The van der Waals surface area contributed by atoms with Crippen molar-refractivity contribution in [2.75, 3.05) is 0 Å². The van der Waals surface area contributed by atoms with Gasteiger partial charge in [0.2, 0.25) is 0 Å². The second-order valence-corrected chi connectivity index (χ2v) is 5.88. The monoisotopic (exact) mass is 267 g/mol. The van der Waals surface area contributed by atoms with Gasteiger partial charge in [-0.25, -0.2) is 9.97 Å². The molecule has 4 heteroatoms. The molecular weight excluding hydrogens is 250 g/mol. The number of nitrogens with zero attached hydrogens (tertiary/aromatic N) is 2. The van der Waals surface area contributed by atoms with Gasteiger partial charge in [-0.15, -0.1) is 0 Å². The van der Waals surface area contributed by atoms with Gasteiger partial charge in [0.1, 0.15) is 0 Å². The van der Waals surface area contributed by atoms with Crippen molar-refractivity contribution in [3.63, 3.8) is 0 Å². The molecule has 2 aliphatic carbocycles. The van der Waals surface area contributed by atoms with Crippen LogP contribution in [0.15, 0.2) is 24.4 Å². The molecule has 0 spiro atoms. The maximum absolute atomic E-state index is 12.1. The zero-order valence-electron chi connectivity index (χ0n) is 11.3. The first-order chi connectivity index (χ1) is 9.79. The van der Waals surface area contributed by atoms with E-state index in [1.165, 1.54) is 19.3 Å². The Kier molecular flexibility index (Phi) is 2.69. The van der Waals surface area contributed by atoms with Crippen LogP contribution >= 0.6 is 0 Å². The highest BCUT2D eigenvalue weighted by Gasteiger charge is 2.25. The van der Waals surface area contributed by atoms with Gasteiger partial charge in [-0.3, -0.25) is 4.79 Å². The molecule has 0 aromatic carbocycles. The minimum absolute atomic E-state index is 0.0182. The topological polar surface area (TPSA) is 54.9 Å². The first kappa shape index (κ1) is 11.8. The smallest absolute Gasteiger partial charge is 0.253 e. The first-order valence-corrected chi connectivity index (χ1v) is 7.37. The summed E-state index contributed by atoms with van der Waals surface area (Å²) in [4.78, 5) is 21.0. The molecule has 2 heterocycles. The van der Waals surface area contributed by atoms with E-state index < -0.39 is 0 Å². The van der Waals surface area contributed by atoms with Crippen molar-refractivity contribution in [3.8, 4) is 0 Å². The molecule has 2 fully saturated rings. The second-order valence-electron chi connectivity index (χ2n) is 5.88. The van der Waals surface area contributed by atoms with Gasteiger partial charge in [0.15, 0.2) is 5.65 Å². The van der Waals surface area contributed by atoms with E-state index in [4.69, 9.17) is 0 Å². The SMILES string of the molecule is O=C(NC1CCC1)c1cnc2nc(C3CC3)ccc2c1. The van der Waals surface area contributed by atoms with E-state index in [1.54, 1.807) is 6.20 Å². The molecule has 2 aromatic heterocycles. The largest absolute Gasteiger partial charge is 0.349 e. The normalized spacial score (nSPS) is 18.8. The Morgan fingerprint density at radius 3 is 2.75 bits per heavy atom. The maximum atomic E-state index is 12.1.